The molecular weight excluding hydrogens is 414 g/mol. The quantitative estimate of drug-likeness (QED) is 0.394. The van der Waals surface area contributed by atoms with Gasteiger partial charge in [0, 0.05) is 26.1 Å². The van der Waals surface area contributed by atoms with E-state index in [9.17, 15) is 9.59 Å². The van der Waals surface area contributed by atoms with Crippen LogP contribution in [0, 0.1) is 0 Å². The highest BCUT2D eigenvalue weighted by Gasteiger charge is 2.08. The number of urea groups is 1. The third-order valence-electron chi connectivity index (χ3n) is 4.83. The van der Waals surface area contributed by atoms with Gasteiger partial charge in [-0.1, -0.05) is 91.0 Å². The van der Waals surface area contributed by atoms with Crippen molar-refractivity contribution in [3.8, 4) is 0 Å². The third-order valence-corrected chi connectivity index (χ3v) is 4.83. The molecule has 1 unspecified atom stereocenters. The van der Waals surface area contributed by atoms with Crippen LogP contribution in [0.4, 0.5) is 4.79 Å². The zero-order valence-electron chi connectivity index (χ0n) is 19.0. The van der Waals surface area contributed by atoms with Gasteiger partial charge in [-0.05, 0) is 30.0 Å². The molecular formula is C27H33N3O3. The molecule has 0 aliphatic rings. The van der Waals surface area contributed by atoms with Gasteiger partial charge in [0.2, 0.25) is 5.91 Å². The number of aliphatic hydroxyl groups excluding tert-OH is 1. The zero-order valence-corrected chi connectivity index (χ0v) is 19.0. The standard InChI is InChI=1S/C15H16N2O.C12H17NO2/c18-15(16-11-13-7-3-1-4-8-13)17-12-14-9-5-2-6-10-14;1-10(11-6-3-2-4-7-11)13-12(15)8-5-9-14/h1-10H,11-12H2,(H2,16,17,18);2-4,6-7,10,14H,5,8-9H2,1H3,(H,13,15). The van der Waals surface area contributed by atoms with Crippen molar-refractivity contribution in [2.24, 2.45) is 0 Å². The van der Waals surface area contributed by atoms with Crippen LogP contribution in [0.2, 0.25) is 0 Å². The summed E-state index contributed by atoms with van der Waals surface area (Å²) in [5.41, 5.74) is 3.27. The van der Waals surface area contributed by atoms with Crippen LogP contribution in [0.5, 0.6) is 0 Å². The van der Waals surface area contributed by atoms with Gasteiger partial charge in [-0.3, -0.25) is 4.79 Å². The molecule has 6 heteroatoms. The summed E-state index contributed by atoms with van der Waals surface area (Å²) in [6, 6.07) is 29.4. The summed E-state index contributed by atoms with van der Waals surface area (Å²) in [6.45, 7) is 3.10. The van der Waals surface area contributed by atoms with Gasteiger partial charge in [0.05, 0.1) is 6.04 Å². The van der Waals surface area contributed by atoms with Crippen molar-refractivity contribution in [1.29, 1.82) is 0 Å². The Labute approximate surface area is 196 Å². The molecule has 0 heterocycles. The summed E-state index contributed by atoms with van der Waals surface area (Å²) in [7, 11) is 0. The molecule has 3 aromatic rings. The minimum atomic E-state index is -0.150. The molecule has 6 nitrogen and oxygen atoms in total. The number of hydrogen-bond acceptors (Lipinski definition) is 3. The number of aliphatic hydroxyl groups is 1. The van der Waals surface area contributed by atoms with Gasteiger partial charge < -0.3 is 21.1 Å². The van der Waals surface area contributed by atoms with E-state index in [4.69, 9.17) is 5.11 Å². The SMILES string of the molecule is CC(NC(=O)CCCO)c1ccccc1.O=C(NCc1ccccc1)NCc1ccccc1. The van der Waals surface area contributed by atoms with Gasteiger partial charge in [0.15, 0.2) is 0 Å². The van der Waals surface area contributed by atoms with Crippen molar-refractivity contribution < 1.29 is 14.7 Å². The van der Waals surface area contributed by atoms with Crippen LogP contribution in [0.3, 0.4) is 0 Å². The van der Waals surface area contributed by atoms with Gasteiger partial charge in [-0.2, -0.15) is 0 Å². The van der Waals surface area contributed by atoms with Gasteiger partial charge in [-0.15, -0.1) is 0 Å². The predicted molar refractivity (Wildman–Crippen MR) is 131 cm³/mol. The first-order chi connectivity index (χ1) is 16.1. The second-order valence-electron chi connectivity index (χ2n) is 7.53. The molecule has 1 atom stereocenters. The molecule has 33 heavy (non-hydrogen) atoms. The fourth-order valence-electron chi connectivity index (χ4n) is 3.00. The van der Waals surface area contributed by atoms with Crippen molar-refractivity contribution in [3.05, 3.63) is 108 Å². The number of amides is 3. The van der Waals surface area contributed by atoms with Gasteiger partial charge in [-0.25, -0.2) is 4.79 Å². The molecule has 0 spiro atoms. The molecule has 0 fully saturated rings. The number of benzene rings is 3. The highest BCUT2D eigenvalue weighted by atomic mass is 16.3. The second-order valence-corrected chi connectivity index (χ2v) is 7.53. The van der Waals surface area contributed by atoms with Crippen LogP contribution >= 0.6 is 0 Å². The fraction of sp³-hybridized carbons (Fsp3) is 0.259. The number of rotatable bonds is 9. The highest BCUT2D eigenvalue weighted by molar-refractivity contribution is 5.76. The molecule has 0 aliphatic heterocycles. The highest BCUT2D eigenvalue weighted by Crippen LogP contribution is 2.11. The van der Waals surface area contributed by atoms with E-state index in [2.05, 4.69) is 16.0 Å². The van der Waals surface area contributed by atoms with Gasteiger partial charge in [0.1, 0.15) is 0 Å². The van der Waals surface area contributed by atoms with Crippen molar-refractivity contribution in [1.82, 2.24) is 16.0 Å². The lowest BCUT2D eigenvalue weighted by Gasteiger charge is -2.13. The van der Waals surface area contributed by atoms with E-state index in [0.29, 0.717) is 25.9 Å². The Morgan fingerprint density at radius 2 is 1.21 bits per heavy atom. The van der Waals surface area contributed by atoms with E-state index in [0.717, 1.165) is 16.7 Å². The van der Waals surface area contributed by atoms with E-state index in [1.54, 1.807) is 0 Å². The first-order valence-corrected chi connectivity index (χ1v) is 11.1. The Bertz CT molecular complexity index is 889. The average Bonchev–Trinajstić information content (AvgIpc) is 2.87. The summed E-state index contributed by atoms with van der Waals surface area (Å²) >= 11 is 0. The molecule has 3 rings (SSSR count). The molecule has 0 radical (unpaired) electrons. The molecule has 0 saturated heterocycles. The van der Waals surface area contributed by atoms with Crippen LogP contribution < -0.4 is 16.0 Å². The van der Waals surface area contributed by atoms with Gasteiger partial charge >= 0.3 is 6.03 Å². The summed E-state index contributed by atoms with van der Waals surface area (Å²) in [5, 5.41) is 17.1. The van der Waals surface area contributed by atoms with E-state index in [-0.39, 0.29) is 24.6 Å². The second kappa shape index (κ2) is 15.2. The zero-order chi connectivity index (χ0) is 23.7. The maximum atomic E-state index is 11.6. The summed E-state index contributed by atoms with van der Waals surface area (Å²) in [6.07, 6.45) is 0.904. The number of hydrogen-bond donors (Lipinski definition) is 4. The minimum absolute atomic E-state index is 0.0135. The number of carbonyl (C=O) groups is 2. The molecule has 174 valence electrons. The van der Waals surface area contributed by atoms with Crippen LogP contribution in [0.25, 0.3) is 0 Å². The molecule has 0 aromatic heterocycles. The predicted octanol–water partition coefficient (Wildman–Crippen LogP) is 4.32. The Kier molecular flexibility index (Phi) is 11.8. The molecule has 0 bridgehead atoms. The topological polar surface area (TPSA) is 90.5 Å². The Balaban J connectivity index is 0.000000238. The first-order valence-electron chi connectivity index (χ1n) is 11.1. The van der Waals surface area contributed by atoms with E-state index in [1.165, 1.54) is 0 Å². The average molecular weight is 448 g/mol. The van der Waals surface area contributed by atoms with Gasteiger partial charge in [0.25, 0.3) is 0 Å². The van der Waals surface area contributed by atoms with E-state index < -0.39 is 0 Å². The molecule has 4 N–H and O–H groups in total. The smallest absolute Gasteiger partial charge is 0.315 e. The van der Waals surface area contributed by atoms with Crippen molar-refractivity contribution >= 4 is 11.9 Å². The van der Waals surface area contributed by atoms with Crippen molar-refractivity contribution in [3.63, 3.8) is 0 Å². The molecule has 0 saturated carbocycles. The summed E-state index contributed by atoms with van der Waals surface area (Å²) in [4.78, 5) is 22.9. The monoisotopic (exact) mass is 447 g/mol. The lowest BCUT2D eigenvalue weighted by atomic mass is 10.1. The lowest BCUT2D eigenvalue weighted by molar-refractivity contribution is -0.122. The molecule has 3 aromatic carbocycles. The summed E-state index contributed by atoms with van der Waals surface area (Å²) in [5.74, 6) is -0.0135. The maximum Gasteiger partial charge on any atom is 0.315 e. The summed E-state index contributed by atoms with van der Waals surface area (Å²) < 4.78 is 0. The lowest BCUT2D eigenvalue weighted by Crippen LogP contribution is -2.34. The van der Waals surface area contributed by atoms with Crippen LogP contribution in [-0.4, -0.2) is 23.7 Å². The normalized spacial score (nSPS) is 10.8. The van der Waals surface area contributed by atoms with E-state index >= 15 is 0 Å². The largest absolute Gasteiger partial charge is 0.396 e. The minimum Gasteiger partial charge on any atom is -0.396 e. The van der Waals surface area contributed by atoms with Crippen LogP contribution in [0.1, 0.15) is 42.5 Å². The van der Waals surface area contributed by atoms with Crippen LogP contribution in [-0.2, 0) is 17.9 Å². The molecule has 3 amide bonds. The first kappa shape index (κ1) is 25.6. The molecule has 0 aliphatic carbocycles. The number of carbonyl (C=O) groups excluding carboxylic acids is 2. The van der Waals surface area contributed by atoms with Crippen LogP contribution in [0.15, 0.2) is 91.0 Å². The van der Waals surface area contributed by atoms with Crippen molar-refractivity contribution in [2.75, 3.05) is 6.61 Å². The Hall–Kier alpha value is -3.64. The maximum absolute atomic E-state index is 11.6. The van der Waals surface area contributed by atoms with E-state index in [1.807, 2.05) is 97.9 Å². The van der Waals surface area contributed by atoms with Crippen molar-refractivity contribution in [2.45, 2.75) is 38.9 Å². The third kappa shape index (κ3) is 11.0. The fourth-order valence-corrected chi connectivity index (χ4v) is 3.00. The Morgan fingerprint density at radius 1 is 0.758 bits per heavy atom. The number of nitrogens with one attached hydrogen (secondary N) is 3. The Morgan fingerprint density at radius 3 is 1.67 bits per heavy atom.